The van der Waals surface area contributed by atoms with Gasteiger partial charge in [0, 0.05) is 12.5 Å². The zero-order valence-corrected chi connectivity index (χ0v) is 12.1. The molecule has 92 valence electrons. The van der Waals surface area contributed by atoms with Crippen molar-refractivity contribution in [1.82, 2.24) is 15.2 Å². The Morgan fingerprint density at radius 2 is 2.00 bits per heavy atom. The van der Waals surface area contributed by atoms with Crippen molar-refractivity contribution in [2.75, 3.05) is 11.9 Å². The first-order chi connectivity index (χ1) is 8.11. The molecule has 6 heteroatoms. The van der Waals surface area contributed by atoms with Crippen molar-refractivity contribution in [1.29, 1.82) is 0 Å². The van der Waals surface area contributed by atoms with Gasteiger partial charge < -0.3 is 5.32 Å². The minimum atomic E-state index is 0.466. The summed E-state index contributed by atoms with van der Waals surface area (Å²) in [4.78, 5) is 5.73. The standard InChI is InChI=1S/C11H16N4S2/c1-5-12-11-15-14-10(17-11)8-7(4)13-9(16-8)6(2)3/h6H,5H2,1-4H3,(H,12,15). The Kier molecular flexibility index (Phi) is 3.73. The Hall–Kier alpha value is -1.01. The molecule has 2 rings (SSSR count). The van der Waals surface area contributed by atoms with Crippen molar-refractivity contribution < 1.29 is 0 Å². The summed E-state index contributed by atoms with van der Waals surface area (Å²) in [7, 11) is 0. The van der Waals surface area contributed by atoms with Gasteiger partial charge in [0.15, 0.2) is 5.01 Å². The predicted octanol–water partition coefficient (Wildman–Crippen LogP) is 3.53. The lowest BCUT2D eigenvalue weighted by Gasteiger charge is -1.94. The van der Waals surface area contributed by atoms with Crippen LogP contribution in [0, 0.1) is 6.92 Å². The molecule has 0 aromatic carbocycles. The molecular formula is C11H16N4S2. The highest BCUT2D eigenvalue weighted by Gasteiger charge is 2.15. The van der Waals surface area contributed by atoms with Gasteiger partial charge in [0.2, 0.25) is 5.13 Å². The maximum Gasteiger partial charge on any atom is 0.206 e. The molecule has 17 heavy (non-hydrogen) atoms. The fourth-order valence-corrected chi connectivity index (χ4v) is 3.40. The van der Waals surface area contributed by atoms with E-state index in [1.54, 1.807) is 22.7 Å². The van der Waals surface area contributed by atoms with Crippen LogP contribution < -0.4 is 5.32 Å². The molecule has 0 saturated carbocycles. The average molecular weight is 268 g/mol. The SMILES string of the molecule is CCNc1nnc(-c2sc(C(C)C)nc2C)s1. The molecule has 0 amide bonds. The van der Waals surface area contributed by atoms with Crippen molar-refractivity contribution >= 4 is 27.8 Å². The number of anilines is 1. The third-order valence-corrected chi connectivity index (χ3v) is 4.75. The second-order valence-electron chi connectivity index (χ2n) is 4.06. The molecule has 0 bridgehead atoms. The number of hydrogen-bond donors (Lipinski definition) is 1. The first-order valence-corrected chi connectivity index (χ1v) is 7.30. The summed E-state index contributed by atoms with van der Waals surface area (Å²) in [5.41, 5.74) is 1.05. The zero-order chi connectivity index (χ0) is 12.4. The molecule has 4 nitrogen and oxygen atoms in total. The first kappa shape index (κ1) is 12.4. The molecule has 0 unspecified atom stereocenters. The zero-order valence-electron chi connectivity index (χ0n) is 10.4. The van der Waals surface area contributed by atoms with Gasteiger partial charge in [-0.05, 0) is 13.8 Å². The Morgan fingerprint density at radius 1 is 1.24 bits per heavy atom. The molecule has 0 aliphatic carbocycles. The van der Waals surface area contributed by atoms with Crippen molar-refractivity contribution in [2.24, 2.45) is 0 Å². The van der Waals surface area contributed by atoms with Gasteiger partial charge in [-0.15, -0.1) is 21.5 Å². The van der Waals surface area contributed by atoms with Crippen LogP contribution in [0.25, 0.3) is 9.88 Å². The summed E-state index contributed by atoms with van der Waals surface area (Å²) < 4.78 is 0. The first-order valence-electron chi connectivity index (χ1n) is 5.66. The van der Waals surface area contributed by atoms with Crippen LogP contribution >= 0.6 is 22.7 Å². The van der Waals surface area contributed by atoms with Gasteiger partial charge in [0.05, 0.1) is 15.6 Å². The van der Waals surface area contributed by atoms with Gasteiger partial charge in [-0.2, -0.15) is 0 Å². The molecule has 0 fully saturated rings. The van der Waals surface area contributed by atoms with E-state index in [1.165, 1.54) is 0 Å². The fraction of sp³-hybridized carbons (Fsp3) is 0.545. The van der Waals surface area contributed by atoms with Crippen molar-refractivity contribution in [2.45, 2.75) is 33.6 Å². The molecule has 2 aromatic rings. The van der Waals surface area contributed by atoms with E-state index in [1.807, 2.05) is 6.92 Å². The maximum atomic E-state index is 4.58. The lowest BCUT2D eigenvalue weighted by atomic mass is 10.2. The molecule has 0 spiro atoms. The quantitative estimate of drug-likeness (QED) is 0.921. The number of rotatable bonds is 4. The van der Waals surface area contributed by atoms with E-state index in [9.17, 15) is 0 Å². The molecule has 0 saturated heterocycles. The summed E-state index contributed by atoms with van der Waals surface area (Å²) in [6.45, 7) is 9.27. The minimum absolute atomic E-state index is 0.466. The summed E-state index contributed by atoms with van der Waals surface area (Å²) in [6.07, 6.45) is 0. The van der Waals surface area contributed by atoms with Crippen LogP contribution in [-0.2, 0) is 0 Å². The fourth-order valence-electron chi connectivity index (χ4n) is 1.40. The number of thiazole rings is 1. The Balaban J connectivity index is 2.31. The molecule has 2 aromatic heterocycles. The minimum Gasteiger partial charge on any atom is -0.360 e. The number of aromatic nitrogens is 3. The monoisotopic (exact) mass is 268 g/mol. The van der Waals surface area contributed by atoms with Crippen LogP contribution in [0.1, 0.15) is 37.4 Å². The van der Waals surface area contributed by atoms with Crippen LogP contribution in [0.15, 0.2) is 0 Å². The Bertz CT molecular complexity index is 501. The molecule has 2 heterocycles. The van der Waals surface area contributed by atoms with E-state index in [2.05, 4.69) is 41.3 Å². The molecule has 1 N–H and O–H groups in total. The van der Waals surface area contributed by atoms with Crippen LogP contribution in [0.4, 0.5) is 5.13 Å². The summed E-state index contributed by atoms with van der Waals surface area (Å²) in [5.74, 6) is 0.466. The number of nitrogens with one attached hydrogen (secondary N) is 1. The number of hydrogen-bond acceptors (Lipinski definition) is 6. The van der Waals surface area contributed by atoms with Gasteiger partial charge in [-0.3, -0.25) is 0 Å². The van der Waals surface area contributed by atoms with Crippen LogP contribution in [0.2, 0.25) is 0 Å². The summed E-state index contributed by atoms with van der Waals surface area (Å²) >= 11 is 3.31. The molecule has 0 radical (unpaired) electrons. The van der Waals surface area contributed by atoms with Gasteiger partial charge in [0.25, 0.3) is 0 Å². The van der Waals surface area contributed by atoms with Crippen molar-refractivity contribution in [3.8, 4) is 9.88 Å². The molecular weight excluding hydrogens is 252 g/mol. The van der Waals surface area contributed by atoms with E-state index >= 15 is 0 Å². The van der Waals surface area contributed by atoms with E-state index in [4.69, 9.17) is 0 Å². The molecule has 0 atom stereocenters. The smallest absolute Gasteiger partial charge is 0.206 e. The average Bonchev–Trinajstić information content (AvgIpc) is 2.85. The molecule has 0 aliphatic heterocycles. The number of nitrogens with zero attached hydrogens (tertiary/aromatic N) is 3. The highest BCUT2D eigenvalue weighted by Crippen LogP contribution is 2.35. The van der Waals surface area contributed by atoms with E-state index in [-0.39, 0.29) is 0 Å². The highest BCUT2D eigenvalue weighted by atomic mass is 32.1. The normalized spacial score (nSPS) is 11.1. The third-order valence-electron chi connectivity index (χ3n) is 2.25. The van der Waals surface area contributed by atoms with Crippen molar-refractivity contribution in [3.63, 3.8) is 0 Å². The van der Waals surface area contributed by atoms with Gasteiger partial charge in [0.1, 0.15) is 0 Å². The predicted molar refractivity (Wildman–Crippen MR) is 74.0 cm³/mol. The summed E-state index contributed by atoms with van der Waals surface area (Å²) in [5, 5.41) is 14.5. The Labute approximate surface area is 109 Å². The topological polar surface area (TPSA) is 50.7 Å². The van der Waals surface area contributed by atoms with Crippen molar-refractivity contribution in [3.05, 3.63) is 10.7 Å². The van der Waals surface area contributed by atoms with E-state index in [0.717, 1.165) is 32.3 Å². The summed E-state index contributed by atoms with van der Waals surface area (Å²) in [6, 6.07) is 0. The third kappa shape index (κ3) is 2.63. The lowest BCUT2D eigenvalue weighted by molar-refractivity contribution is 0.847. The highest BCUT2D eigenvalue weighted by molar-refractivity contribution is 7.23. The second-order valence-corrected chi connectivity index (χ2v) is 6.07. The van der Waals surface area contributed by atoms with E-state index < -0.39 is 0 Å². The van der Waals surface area contributed by atoms with Crippen LogP contribution in [0.3, 0.4) is 0 Å². The largest absolute Gasteiger partial charge is 0.360 e. The maximum absolute atomic E-state index is 4.58. The van der Waals surface area contributed by atoms with Crippen LogP contribution in [0.5, 0.6) is 0 Å². The Morgan fingerprint density at radius 3 is 2.59 bits per heavy atom. The van der Waals surface area contributed by atoms with Gasteiger partial charge >= 0.3 is 0 Å². The van der Waals surface area contributed by atoms with Crippen LogP contribution in [-0.4, -0.2) is 21.7 Å². The lowest BCUT2D eigenvalue weighted by Crippen LogP contribution is -1.94. The molecule has 0 aliphatic rings. The second kappa shape index (κ2) is 5.10. The van der Waals surface area contributed by atoms with Gasteiger partial charge in [-0.25, -0.2) is 4.98 Å². The number of aryl methyl sites for hydroxylation is 1. The van der Waals surface area contributed by atoms with Gasteiger partial charge in [-0.1, -0.05) is 25.2 Å². The van der Waals surface area contributed by atoms with E-state index in [0.29, 0.717) is 5.92 Å².